The Morgan fingerprint density at radius 3 is 2.81 bits per heavy atom. The number of hydrogen-bond acceptors (Lipinski definition) is 2. The summed E-state index contributed by atoms with van der Waals surface area (Å²) in [6.45, 7) is 6.82. The molecule has 0 saturated heterocycles. The number of nitrogens with zero attached hydrogens (tertiary/aromatic N) is 2. The molecule has 16 heavy (non-hydrogen) atoms. The zero-order chi connectivity index (χ0) is 11.8. The van der Waals surface area contributed by atoms with E-state index in [1.165, 1.54) is 18.5 Å². The van der Waals surface area contributed by atoms with Gasteiger partial charge in [0.05, 0.1) is 5.69 Å². The maximum atomic E-state index is 4.51. The molecule has 1 aliphatic carbocycles. The van der Waals surface area contributed by atoms with Crippen LogP contribution in [0, 0.1) is 5.41 Å². The van der Waals surface area contributed by atoms with Crippen LogP contribution in [0.4, 0.5) is 5.82 Å². The van der Waals surface area contributed by atoms with Crippen LogP contribution >= 0.6 is 0 Å². The van der Waals surface area contributed by atoms with Gasteiger partial charge in [-0.3, -0.25) is 4.68 Å². The van der Waals surface area contributed by atoms with Gasteiger partial charge in [-0.25, -0.2) is 0 Å². The minimum absolute atomic E-state index is 0.509. The number of rotatable bonds is 5. The van der Waals surface area contributed by atoms with E-state index < -0.39 is 0 Å². The zero-order valence-corrected chi connectivity index (χ0v) is 10.9. The Morgan fingerprint density at radius 1 is 1.56 bits per heavy atom. The van der Waals surface area contributed by atoms with E-state index in [0.717, 1.165) is 18.7 Å². The highest BCUT2D eigenvalue weighted by molar-refractivity contribution is 5.39. The highest BCUT2D eigenvalue weighted by Gasteiger charge is 2.42. The molecule has 1 unspecified atom stereocenters. The fraction of sp³-hybridized carbons (Fsp3) is 0.769. The molecule has 1 N–H and O–H groups in total. The second-order valence-corrected chi connectivity index (χ2v) is 5.41. The Morgan fingerprint density at radius 2 is 2.25 bits per heavy atom. The third-order valence-electron chi connectivity index (χ3n) is 3.89. The molecule has 0 aliphatic heterocycles. The van der Waals surface area contributed by atoms with Gasteiger partial charge in [-0.05, 0) is 31.6 Å². The first kappa shape index (κ1) is 11.5. The summed E-state index contributed by atoms with van der Waals surface area (Å²) in [6.07, 6.45) is 4.92. The van der Waals surface area contributed by atoms with Crippen molar-refractivity contribution in [3.05, 3.63) is 11.8 Å². The molecule has 1 aromatic rings. The predicted molar refractivity (Wildman–Crippen MR) is 67.6 cm³/mol. The average Bonchev–Trinajstić information content (AvgIpc) is 2.88. The fourth-order valence-corrected chi connectivity index (χ4v) is 2.07. The van der Waals surface area contributed by atoms with Crippen LogP contribution in [0.5, 0.6) is 0 Å². The molecule has 0 spiro atoms. The van der Waals surface area contributed by atoms with Gasteiger partial charge < -0.3 is 5.32 Å². The van der Waals surface area contributed by atoms with E-state index in [1.54, 1.807) is 0 Å². The first-order valence-corrected chi connectivity index (χ1v) is 6.34. The zero-order valence-electron chi connectivity index (χ0n) is 10.9. The molecule has 0 amide bonds. The molecule has 1 aromatic heterocycles. The van der Waals surface area contributed by atoms with Gasteiger partial charge in [0.25, 0.3) is 0 Å². The Bertz CT molecular complexity index is 363. The van der Waals surface area contributed by atoms with Crippen LogP contribution < -0.4 is 5.32 Å². The molecule has 2 rings (SSSR count). The molecule has 1 atom stereocenters. The first-order chi connectivity index (χ1) is 7.55. The van der Waals surface area contributed by atoms with Gasteiger partial charge in [0.1, 0.15) is 5.82 Å². The summed E-state index contributed by atoms with van der Waals surface area (Å²) in [5.74, 6) is 1.16. The van der Waals surface area contributed by atoms with Crippen LogP contribution in [-0.4, -0.2) is 15.8 Å². The lowest BCUT2D eigenvalue weighted by Gasteiger charge is -2.21. The maximum absolute atomic E-state index is 4.51. The fourth-order valence-electron chi connectivity index (χ4n) is 2.07. The van der Waals surface area contributed by atoms with Crippen LogP contribution in [0.15, 0.2) is 6.07 Å². The number of aromatic nitrogens is 2. The van der Waals surface area contributed by atoms with Gasteiger partial charge in [0.15, 0.2) is 0 Å². The lowest BCUT2D eigenvalue weighted by atomic mass is 10.0. The normalized spacial score (nSPS) is 19.5. The summed E-state index contributed by atoms with van der Waals surface area (Å²) >= 11 is 0. The van der Waals surface area contributed by atoms with Crippen LogP contribution in [0.1, 0.15) is 45.7 Å². The van der Waals surface area contributed by atoms with Gasteiger partial charge >= 0.3 is 0 Å². The minimum atomic E-state index is 0.509. The highest BCUT2D eigenvalue weighted by Crippen LogP contribution is 2.48. The van der Waals surface area contributed by atoms with E-state index in [9.17, 15) is 0 Å². The van der Waals surface area contributed by atoms with Crippen LogP contribution in [0.2, 0.25) is 0 Å². The Balaban J connectivity index is 2.03. The maximum Gasteiger partial charge on any atom is 0.124 e. The van der Waals surface area contributed by atoms with Gasteiger partial charge in [0.2, 0.25) is 0 Å². The van der Waals surface area contributed by atoms with Gasteiger partial charge in [0, 0.05) is 19.2 Å². The number of hydrogen-bond donors (Lipinski definition) is 1. The van der Waals surface area contributed by atoms with E-state index in [0.29, 0.717) is 11.5 Å². The van der Waals surface area contributed by atoms with E-state index in [2.05, 4.69) is 37.3 Å². The molecule has 1 saturated carbocycles. The van der Waals surface area contributed by atoms with Gasteiger partial charge in [-0.2, -0.15) is 5.10 Å². The molecule has 1 fully saturated rings. The Hall–Kier alpha value is -0.990. The van der Waals surface area contributed by atoms with E-state index >= 15 is 0 Å². The summed E-state index contributed by atoms with van der Waals surface area (Å²) in [6, 6.07) is 2.73. The second kappa shape index (κ2) is 4.11. The Kier molecular flexibility index (Phi) is 2.96. The summed E-state index contributed by atoms with van der Waals surface area (Å²) in [4.78, 5) is 0. The monoisotopic (exact) mass is 221 g/mol. The summed E-state index contributed by atoms with van der Waals surface area (Å²) in [5, 5.41) is 8.10. The third-order valence-corrected chi connectivity index (χ3v) is 3.89. The van der Waals surface area contributed by atoms with E-state index in [-0.39, 0.29) is 0 Å². The highest BCUT2D eigenvalue weighted by atomic mass is 15.3. The van der Waals surface area contributed by atoms with Crippen LogP contribution in [0.25, 0.3) is 0 Å². The van der Waals surface area contributed by atoms with Crippen molar-refractivity contribution in [3.8, 4) is 0 Å². The van der Waals surface area contributed by atoms with Crippen molar-refractivity contribution in [2.24, 2.45) is 12.5 Å². The van der Waals surface area contributed by atoms with Crippen molar-refractivity contribution in [3.63, 3.8) is 0 Å². The van der Waals surface area contributed by atoms with Crippen LogP contribution in [0.3, 0.4) is 0 Å². The summed E-state index contributed by atoms with van der Waals surface area (Å²) in [5.41, 5.74) is 1.70. The first-order valence-electron chi connectivity index (χ1n) is 6.34. The SMILES string of the molecule is CCCc1cc(NC(C)C2(C)CC2)n(C)n1. The molecule has 1 aliphatic rings. The van der Waals surface area contributed by atoms with Gasteiger partial charge in [-0.1, -0.05) is 20.3 Å². The molecule has 90 valence electrons. The third kappa shape index (κ3) is 2.23. The van der Waals surface area contributed by atoms with Crippen LogP contribution in [-0.2, 0) is 13.5 Å². The second-order valence-electron chi connectivity index (χ2n) is 5.41. The Labute approximate surface area is 98.2 Å². The molecular weight excluding hydrogens is 198 g/mol. The van der Waals surface area contributed by atoms with Crippen molar-refractivity contribution < 1.29 is 0 Å². The van der Waals surface area contributed by atoms with E-state index in [1.807, 2.05) is 11.7 Å². The van der Waals surface area contributed by atoms with Crippen molar-refractivity contribution in [1.82, 2.24) is 9.78 Å². The van der Waals surface area contributed by atoms with Crippen molar-refractivity contribution in [1.29, 1.82) is 0 Å². The van der Waals surface area contributed by atoms with Gasteiger partial charge in [-0.15, -0.1) is 0 Å². The minimum Gasteiger partial charge on any atom is -0.367 e. The molecule has 0 radical (unpaired) electrons. The van der Waals surface area contributed by atoms with Crippen molar-refractivity contribution in [2.45, 2.75) is 52.5 Å². The number of anilines is 1. The molecule has 0 aromatic carbocycles. The predicted octanol–water partition coefficient (Wildman–Crippen LogP) is 2.97. The molecule has 3 nitrogen and oxygen atoms in total. The smallest absolute Gasteiger partial charge is 0.124 e. The number of nitrogens with one attached hydrogen (secondary N) is 1. The molecule has 3 heteroatoms. The summed E-state index contributed by atoms with van der Waals surface area (Å²) in [7, 11) is 2.02. The van der Waals surface area contributed by atoms with Crippen molar-refractivity contribution >= 4 is 5.82 Å². The molecule has 0 bridgehead atoms. The lowest BCUT2D eigenvalue weighted by Crippen LogP contribution is -2.26. The standard InChI is InChI=1S/C13H23N3/c1-5-6-11-9-12(16(4)15-11)14-10(2)13(3)7-8-13/h9-10,14H,5-8H2,1-4H3. The van der Waals surface area contributed by atoms with E-state index in [4.69, 9.17) is 0 Å². The topological polar surface area (TPSA) is 29.9 Å². The largest absolute Gasteiger partial charge is 0.367 e. The average molecular weight is 221 g/mol. The molecular formula is C13H23N3. The lowest BCUT2D eigenvalue weighted by molar-refractivity contribution is 0.489. The molecule has 1 heterocycles. The summed E-state index contributed by atoms with van der Waals surface area (Å²) < 4.78 is 1.97. The number of aryl methyl sites for hydroxylation is 2. The van der Waals surface area contributed by atoms with Crippen molar-refractivity contribution in [2.75, 3.05) is 5.32 Å². The quantitative estimate of drug-likeness (QED) is 0.828.